The van der Waals surface area contributed by atoms with Gasteiger partial charge in [0.2, 0.25) is 5.75 Å². The average Bonchev–Trinajstić information content (AvgIpc) is 3.17. The van der Waals surface area contributed by atoms with Crippen molar-refractivity contribution in [2.45, 2.75) is 26.3 Å². The van der Waals surface area contributed by atoms with Crippen LogP contribution in [0, 0.1) is 0 Å². The monoisotopic (exact) mass is 392 g/mol. The normalized spacial score (nSPS) is 11.2. The zero-order valence-corrected chi connectivity index (χ0v) is 17.4. The van der Waals surface area contributed by atoms with Gasteiger partial charge in [0.05, 0.1) is 26.3 Å². The molecule has 7 nitrogen and oxygen atoms in total. The number of ether oxygens (including phenoxy) is 3. The minimum absolute atomic E-state index is 0.542. The molecule has 0 fully saturated rings. The van der Waals surface area contributed by atoms with Gasteiger partial charge in [-0.1, -0.05) is 6.92 Å². The maximum Gasteiger partial charge on any atom is 0.203 e. The summed E-state index contributed by atoms with van der Waals surface area (Å²) < 4.78 is 16.3. The van der Waals surface area contributed by atoms with E-state index in [4.69, 9.17) is 14.2 Å². The van der Waals surface area contributed by atoms with Gasteiger partial charge in [-0.2, -0.15) is 0 Å². The molecule has 0 radical (unpaired) electrons. The molecule has 0 aliphatic heterocycles. The van der Waals surface area contributed by atoms with Crippen LogP contribution in [0.3, 0.4) is 0 Å². The van der Waals surface area contributed by atoms with E-state index in [-0.39, 0.29) is 0 Å². The number of aryl methyl sites for hydroxylation is 1. The van der Waals surface area contributed by atoms with Gasteiger partial charge < -0.3 is 24.8 Å². The lowest BCUT2D eigenvalue weighted by Gasteiger charge is -2.17. The summed E-state index contributed by atoms with van der Waals surface area (Å²) in [6.07, 6.45) is 3.85. The van der Waals surface area contributed by atoms with Gasteiger partial charge in [0.25, 0.3) is 0 Å². The van der Waals surface area contributed by atoms with E-state index < -0.39 is 0 Å². The van der Waals surface area contributed by atoms with Crippen LogP contribution in [-0.2, 0) is 19.4 Å². The molecule has 0 bridgehead atoms. The Labute approximate surface area is 164 Å². The molecule has 0 aliphatic rings. The summed E-state index contributed by atoms with van der Waals surface area (Å²) in [5, 5.41) is 7.75. The summed E-state index contributed by atoms with van der Waals surface area (Å²) in [5.74, 6) is 2.59. The number of guanidine groups is 1. The predicted octanol–water partition coefficient (Wildman–Crippen LogP) is 2.64. The van der Waals surface area contributed by atoms with Crippen LogP contribution in [0.1, 0.15) is 22.4 Å². The third-order valence-corrected chi connectivity index (χ3v) is 5.24. The largest absolute Gasteiger partial charge is 0.493 e. The summed E-state index contributed by atoms with van der Waals surface area (Å²) in [6.45, 7) is 3.45. The first-order valence-electron chi connectivity index (χ1n) is 8.82. The van der Waals surface area contributed by atoms with Crippen molar-refractivity contribution in [2.75, 3.05) is 34.9 Å². The molecular weight excluding hydrogens is 364 g/mol. The number of aromatic nitrogens is 1. The van der Waals surface area contributed by atoms with E-state index in [0.717, 1.165) is 35.9 Å². The van der Waals surface area contributed by atoms with Gasteiger partial charge in [0, 0.05) is 43.2 Å². The average molecular weight is 393 g/mol. The Morgan fingerprint density at radius 1 is 1.11 bits per heavy atom. The van der Waals surface area contributed by atoms with E-state index in [9.17, 15) is 0 Å². The van der Waals surface area contributed by atoms with Gasteiger partial charge >= 0.3 is 0 Å². The number of hydrogen-bond donors (Lipinski definition) is 2. The fourth-order valence-corrected chi connectivity index (χ4v) is 3.48. The quantitative estimate of drug-likeness (QED) is 0.505. The molecule has 0 saturated carbocycles. The number of aliphatic imine (C=N–C) groups is 1. The van der Waals surface area contributed by atoms with Crippen molar-refractivity contribution in [2.24, 2.45) is 4.99 Å². The SMILES string of the molecule is CCc1cnc(CCNC(=NC)NCc2ccc(OC)c(OC)c2OC)s1. The van der Waals surface area contributed by atoms with Crippen LogP contribution in [0.25, 0.3) is 0 Å². The third kappa shape index (κ3) is 5.50. The molecule has 1 heterocycles. The molecular formula is C19H28N4O3S. The van der Waals surface area contributed by atoms with E-state index in [0.29, 0.717) is 23.8 Å². The van der Waals surface area contributed by atoms with Crippen LogP contribution in [-0.4, -0.2) is 45.9 Å². The number of thiazole rings is 1. The first kappa shape index (κ1) is 20.8. The van der Waals surface area contributed by atoms with Crippen molar-refractivity contribution in [3.05, 3.63) is 33.8 Å². The van der Waals surface area contributed by atoms with Crippen molar-refractivity contribution >= 4 is 17.3 Å². The molecule has 1 aromatic carbocycles. The summed E-state index contributed by atoms with van der Waals surface area (Å²) in [4.78, 5) is 10.0. The zero-order chi connectivity index (χ0) is 19.6. The molecule has 148 valence electrons. The first-order chi connectivity index (χ1) is 13.2. The topological polar surface area (TPSA) is 77.0 Å². The molecule has 0 amide bonds. The molecule has 0 saturated heterocycles. The van der Waals surface area contributed by atoms with Gasteiger partial charge in [-0.3, -0.25) is 4.99 Å². The zero-order valence-electron chi connectivity index (χ0n) is 16.6. The maximum atomic E-state index is 5.52. The standard InChI is InChI=1S/C19H28N4O3S/c1-6-14-12-22-16(27-14)9-10-21-19(20-2)23-11-13-7-8-15(24-3)18(26-5)17(13)25-4/h7-8,12H,6,9-11H2,1-5H3,(H2,20,21,23). The second kappa shape index (κ2) is 10.6. The van der Waals surface area contributed by atoms with Gasteiger partial charge in [0.1, 0.15) is 0 Å². The molecule has 0 aliphatic carbocycles. The van der Waals surface area contributed by atoms with Crippen LogP contribution in [0.15, 0.2) is 23.3 Å². The molecule has 0 unspecified atom stereocenters. The van der Waals surface area contributed by atoms with E-state index in [1.165, 1.54) is 4.88 Å². The van der Waals surface area contributed by atoms with Crippen LogP contribution in [0.4, 0.5) is 0 Å². The molecule has 2 N–H and O–H groups in total. The summed E-state index contributed by atoms with van der Waals surface area (Å²) in [6, 6.07) is 3.81. The van der Waals surface area contributed by atoms with Gasteiger partial charge in [-0.15, -0.1) is 11.3 Å². The molecule has 1 aromatic heterocycles. The highest BCUT2D eigenvalue weighted by Gasteiger charge is 2.15. The Kier molecular flexibility index (Phi) is 8.19. The van der Waals surface area contributed by atoms with Gasteiger partial charge in [-0.05, 0) is 18.6 Å². The lowest BCUT2D eigenvalue weighted by Crippen LogP contribution is -2.37. The highest BCUT2D eigenvalue weighted by molar-refractivity contribution is 7.11. The Bertz CT molecular complexity index is 761. The maximum absolute atomic E-state index is 5.52. The van der Waals surface area contributed by atoms with Gasteiger partial charge in [-0.25, -0.2) is 4.98 Å². The van der Waals surface area contributed by atoms with Crippen LogP contribution < -0.4 is 24.8 Å². The van der Waals surface area contributed by atoms with Crippen molar-refractivity contribution in [3.63, 3.8) is 0 Å². The Hall–Kier alpha value is -2.48. The molecule has 8 heteroatoms. The second-order valence-electron chi connectivity index (χ2n) is 5.67. The van der Waals surface area contributed by atoms with Crippen LogP contribution >= 0.6 is 11.3 Å². The number of nitrogens with zero attached hydrogens (tertiary/aromatic N) is 2. The number of nitrogens with one attached hydrogen (secondary N) is 2. The Balaban J connectivity index is 1.93. The van der Waals surface area contributed by atoms with Crippen molar-refractivity contribution in [3.8, 4) is 17.2 Å². The second-order valence-corrected chi connectivity index (χ2v) is 6.87. The number of rotatable bonds is 9. The molecule has 0 atom stereocenters. The van der Waals surface area contributed by atoms with E-state index >= 15 is 0 Å². The van der Waals surface area contributed by atoms with Crippen molar-refractivity contribution in [1.82, 2.24) is 15.6 Å². The summed E-state index contributed by atoms with van der Waals surface area (Å²) in [5.41, 5.74) is 0.950. The number of benzene rings is 1. The number of hydrogen-bond acceptors (Lipinski definition) is 6. The van der Waals surface area contributed by atoms with Crippen molar-refractivity contribution < 1.29 is 14.2 Å². The minimum Gasteiger partial charge on any atom is -0.493 e. The highest BCUT2D eigenvalue weighted by Crippen LogP contribution is 2.39. The lowest BCUT2D eigenvalue weighted by atomic mass is 10.1. The van der Waals surface area contributed by atoms with E-state index in [1.807, 2.05) is 18.3 Å². The number of methoxy groups -OCH3 is 3. The summed E-state index contributed by atoms with van der Waals surface area (Å²) in [7, 11) is 6.57. The third-order valence-electron chi connectivity index (χ3n) is 4.04. The van der Waals surface area contributed by atoms with E-state index in [2.05, 4.69) is 27.5 Å². The van der Waals surface area contributed by atoms with Gasteiger partial charge in [0.15, 0.2) is 17.5 Å². The van der Waals surface area contributed by atoms with Crippen LogP contribution in [0.2, 0.25) is 0 Å². The Morgan fingerprint density at radius 3 is 2.48 bits per heavy atom. The first-order valence-corrected chi connectivity index (χ1v) is 9.64. The molecule has 27 heavy (non-hydrogen) atoms. The Morgan fingerprint density at radius 2 is 1.89 bits per heavy atom. The lowest BCUT2D eigenvalue weighted by molar-refractivity contribution is 0.322. The molecule has 2 rings (SSSR count). The predicted molar refractivity (Wildman–Crippen MR) is 109 cm³/mol. The van der Waals surface area contributed by atoms with E-state index in [1.54, 1.807) is 39.7 Å². The fraction of sp³-hybridized carbons (Fsp3) is 0.474. The highest BCUT2D eigenvalue weighted by atomic mass is 32.1. The van der Waals surface area contributed by atoms with Crippen molar-refractivity contribution in [1.29, 1.82) is 0 Å². The molecule has 2 aromatic rings. The smallest absolute Gasteiger partial charge is 0.203 e. The fourth-order valence-electron chi connectivity index (χ4n) is 2.62. The van der Waals surface area contributed by atoms with Crippen LogP contribution in [0.5, 0.6) is 17.2 Å². The minimum atomic E-state index is 0.542. The molecule has 0 spiro atoms. The summed E-state index contributed by atoms with van der Waals surface area (Å²) >= 11 is 1.76.